The van der Waals surface area contributed by atoms with E-state index in [2.05, 4.69) is 4.90 Å². The van der Waals surface area contributed by atoms with Crippen molar-refractivity contribution in [3.05, 3.63) is 23.7 Å². The van der Waals surface area contributed by atoms with Crippen molar-refractivity contribution >= 4 is 17.7 Å². The molecule has 0 radical (unpaired) electrons. The Morgan fingerprint density at radius 2 is 1.94 bits per heavy atom. The number of hydrogen-bond acceptors (Lipinski definition) is 7. The number of rotatable bonds is 3. The molecule has 4 fully saturated rings. The molecule has 4 aliphatic rings. The zero-order chi connectivity index (χ0) is 21.9. The lowest BCUT2D eigenvalue weighted by atomic mass is 9.80. The molecule has 1 spiro atoms. The predicted octanol–water partition coefficient (Wildman–Crippen LogP) is -0.0427. The van der Waals surface area contributed by atoms with Crippen LogP contribution in [0.3, 0.4) is 0 Å². The third-order valence-electron chi connectivity index (χ3n) is 7.49. The van der Waals surface area contributed by atoms with Crippen molar-refractivity contribution in [1.29, 1.82) is 0 Å². The van der Waals surface area contributed by atoms with Crippen LogP contribution < -0.4 is 0 Å². The summed E-state index contributed by atoms with van der Waals surface area (Å²) in [7, 11) is 0. The molecule has 2 atom stereocenters. The van der Waals surface area contributed by atoms with E-state index in [0.717, 1.165) is 31.7 Å². The van der Waals surface area contributed by atoms with Gasteiger partial charge in [-0.25, -0.2) is 0 Å². The number of likely N-dealkylation sites (tertiary alicyclic amines) is 2. The number of hydrogen-bond donors (Lipinski definition) is 1. The minimum atomic E-state index is -0.768. The molecule has 5 heterocycles. The van der Waals surface area contributed by atoms with Gasteiger partial charge in [-0.1, -0.05) is 0 Å². The fourth-order valence-corrected chi connectivity index (χ4v) is 5.80. The number of carbonyl (C=O) groups excluding carboxylic acids is 3. The van der Waals surface area contributed by atoms with Gasteiger partial charge >= 0.3 is 0 Å². The first-order valence-corrected chi connectivity index (χ1v) is 11.1. The van der Waals surface area contributed by atoms with Crippen LogP contribution in [0.5, 0.6) is 0 Å². The van der Waals surface area contributed by atoms with Crippen molar-refractivity contribution < 1.29 is 23.9 Å². The lowest BCUT2D eigenvalue weighted by molar-refractivity contribution is -0.184. The second-order valence-electron chi connectivity index (χ2n) is 9.47. The number of imide groups is 1. The van der Waals surface area contributed by atoms with Gasteiger partial charge in [-0.15, -0.1) is 0 Å². The largest absolute Gasteiger partial charge is 0.464 e. The summed E-state index contributed by atoms with van der Waals surface area (Å²) in [4.78, 5) is 45.9. The van der Waals surface area contributed by atoms with Crippen LogP contribution in [-0.4, -0.2) is 98.9 Å². The molecule has 1 aromatic heterocycles. The topological polar surface area (TPSA) is 97.5 Å². The number of aliphatic hydroxyl groups excluding tert-OH is 1. The highest BCUT2D eigenvalue weighted by atomic mass is 16.3. The first kappa shape index (κ1) is 20.7. The summed E-state index contributed by atoms with van der Waals surface area (Å²) in [5, 5.41) is 10.3. The van der Waals surface area contributed by atoms with Gasteiger partial charge in [0, 0.05) is 45.7 Å². The van der Waals surface area contributed by atoms with Gasteiger partial charge in [-0.3, -0.25) is 29.1 Å². The summed E-state index contributed by atoms with van der Waals surface area (Å²) in [6, 6.07) is 3.49. The standard InChI is InChI=1S/C22H30N4O5/c1-14-3-4-18(31-14)11-25-20(29)19-9-17(28)10-26(19)22(21(25)30)12-24(13-22)16-5-7-23(8-6-16)15(2)27/h3-4,16-17,19,28H,5-13H2,1-2H3. The van der Waals surface area contributed by atoms with Crippen molar-refractivity contribution in [3.8, 4) is 0 Å². The molecule has 168 valence electrons. The third-order valence-corrected chi connectivity index (χ3v) is 7.49. The lowest BCUT2D eigenvalue weighted by Gasteiger charge is -2.60. The molecule has 9 heteroatoms. The SMILES string of the molecule is CC(=O)N1CCC(N2CC3(C2)C(=O)N(Cc2ccc(C)o2)C(=O)C2CC(O)CN23)CC1. The van der Waals surface area contributed by atoms with Crippen molar-refractivity contribution in [2.75, 3.05) is 32.7 Å². The van der Waals surface area contributed by atoms with E-state index in [1.165, 1.54) is 4.90 Å². The highest BCUT2D eigenvalue weighted by Crippen LogP contribution is 2.42. The Balaban J connectivity index is 1.34. The minimum Gasteiger partial charge on any atom is -0.464 e. The second-order valence-corrected chi connectivity index (χ2v) is 9.47. The van der Waals surface area contributed by atoms with Gasteiger partial charge in [0.1, 0.15) is 17.1 Å². The van der Waals surface area contributed by atoms with Crippen LogP contribution in [0.1, 0.15) is 37.7 Å². The summed E-state index contributed by atoms with van der Waals surface area (Å²) in [6.07, 6.45) is 1.55. The number of carbonyl (C=O) groups is 3. The van der Waals surface area contributed by atoms with Crippen LogP contribution in [0.25, 0.3) is 0 Å². The first-order valence-electron chi connectivity index (χ1n) is 11.1. The summed E-state index contributed by atoms with van der Waals surface area (Å²) >= 11 is 0. The Labute approximate surface area is 181 Å². The molecule has 3 amide bonds. The average Bonchev–Trinajstić information content (AvgIpc) is 3.30. The molecule has 2 unspecified atom stereocenters. The van der Waals surface area contributed by atoms with Gasteiger partial charge in [0.05, 0.1) is 18.7 Å². The fourth-order valence-electron chi connectivity index (χ4n) is 5.80. The monoisotopic (exact) mass is 430 g/mol. The normalized spacial score (nSPS) is 29.5. The number of β-amino-alcohol motifs (C(OH)–C–C–N with tert-alkyl or cyclic N) is 1. The molecular formula is C22H30N4O5. The number of aliphatic hydroxyl groups is 1. The summed E-state index contributed by atoms with van der Waals surface area (Å²) in [6.45, 7) is 6.51. The number of amides is 3. The Kier molecular flexibility index (Phi) is 4.95. The molecule has 4 saturated heterocycles. The smallest absolute Gasteiger partial charge is 0.252 e. The first-order chi connectivity index (χ1) is 14.8. The van der Waals surface area contributed by atoms with Crippen LogP contribution in [-0.2, 0) is 20.9 Å². The van der Waals surface area contributed by atoms with E-state index in [0.29, 0.717) is 37.9 Å². The van der Waals surface area contributed by atoms with E-state index >= 15 is 0 Å². The van der Waals surface area contributed by atoms with Crippen molar-refractivity contribution in [1.82, 2.24) is 19.6 Å². The Hall–Kier alpha value is -2.23. The Morgan fingerprint density at radius 3 is 2.55 bits per heavy atom. The highest BCUT2D eigenvalue weighted by Gasteiger charge is 2.65. The van der Waals surface area contributed by atoms with Gasteiger partial charge in [-0.2, -0.15) is 0 Å². The van der Waals surface area contributed by atoms with Crippen molar-refractivity contribution in [2.24, 2.45) is 0 Å². The average molecular weight is 431 g/mol. The minimum absolute atomic E-state index is 0.109. The number of aryl methyl sites for hydroxylation is 1. The highest BCUT2D eigenvalue weighted by molar-refractivity contribution is 6.06. The van der Waals surface area contributed by atoms with Crippen LogP contribution in [0.15, 0.2) is 16.5 Å². The van der Waals surface area contributed by atoms with E-state index < -0.39 is 17.7 Å². The molecule has 1 N–H and O–H groups in total. The number of piperidine rings is 1. The van der Waals surface area contributed by atoms with Crippen LogP contribution in [0, 0.1) is 6.92 Å². The van der Waals surface area contributed by atoms with Gasteiger partial charge in [0.25, 0.3) is 5.91 Å². The van der Waals surface area contributed by atoms with E-state index in [9.17, 15) is 19.5 Å². The number of piperazine rings is 1. The van der Waals surface area contributed by atoms with E-state index in [1.807, 2.05) is 22.8 Å². The predicted molar refractivity (Wildman–Crippen MR) is 110 cm³/mol. The zero-order valence-corrected chi connectivity index (χ0v) is 18.1. The van der Waals surface area contributed by atoms with Crippen molar-refractivity contribution in [3.63, 3.8) is 0 Å². The van der Waals surface area contributed by atoms with Gasteiger partial charge in [0.15, 0.2) is 0 Å². The van der Waals surface area contributed by atoms with Crippen LogP contribution in [0.4, 0.5) is 0 Å². The molecule has 0 bridgehead atoms. The maximum Gasteiger partial charge on any atom is 0.252 e. The fraction of sp³-hybridized carbons (Fsp3) is 0.682. The number of nitrogens with zero attached hydrogens (tertiary/aromatic N) is 4. The maximum atomic E-state index is 13.6. The molecule has 0 saturated carbocycles. The molecule has 0 aromatic carbocycles. The molecule has 0 aliphatic carbocycles. The van der Waals surface area contributed by atoms with Gasteiger partial charge in [-0.05, 0) is 38.3 Å². The number of fused-ring (bicyclic) bond motifs is 2. The van der Waals surface area contributed by atoms with Gasteiger partial charge < -0.3 is 14.4 Å². The molecular weight excluding hydrogens is 400 g/mol. The Bertz CT molecular complexity index is 899. The van der Waals surface area contributed by atoms with Gasteiger partial charge in [0.2, 0.25) is 11.8 Å². The molecule has 1 aromatic rings. The van der Waals surface area contributed by atoms with E-state index in [-0.39, 0.29) is 24.3 Å². The summed E-state index contributed by atoms with van der Waals surface area (Å²) in [5.41, 5.74) is -0.768. The maximum absolute atomic E-state index is 13.6. The molecule has 9 nitrogen and oxygen atoms in total. The third kappa shape index (κ3) is 3.30. The second kappa shape index (κ2) is 7.43. The number of furan rings is 1. The zero-order valence-electron chi connectivity index (χ0n) is 18.1. The quantitative estimate of drug-likeness (QED) is 0.672. The van der Waals surface area contributed by atoms with E-state index in [4.69, 9.17) is 4.42 Å². The molecule has 31 heavy (non-hydrogen) atoms. The summed E-state index contributed by atoms with van der Waals surface area (Å²) < 4.78 is 5.63. The molecule has 5 rings (SSSR count). The lowest BCUT2D eigenvalue weighted by Crippen LogP contribution is -2.82. The van der Waals surface area contributed by atoms with Crippen LogP contribution >= 0.6 is 0 Å². The van der Waals surface area contributed by atoms with E-state index in [1.54, 1.807) is 13.0 Å². The molecule has 4 aliphatic heterocycles. The summed E-state index contributed by atoms with van der Waals surface area (Å²) in [5.74, 6) is 1.02. The van der Waals surface area contributed by atoms with Crippen LogP contribution in [0.2, 0.25) is 0 Å². The van der Waals surface area contributed by atoms with Crippen molar-refractivity contribution in [2.45, 2.75) is 63.4 Å². The Morgan fingerprint density at radius 1 is 1.23 bits per heavy atom.